The zero-order valence-corrected chi connectivity index (χ0v) is 10.7. The van der Waals surface area contributed by atoms with Gasteiger partial charge in [0.2, 0.25) is 0 Å². The van der Waals surface area contributed by atoms with Gasteiger partial charge < -0.3 is 1.43 Å². The minimum Gasteiger partial charge on any atom is -1.00 e. The van der Waals surface area contributed by atoms with Gasteiger partial charge >= 0.3 is 51.4 Å². The molecule has 7 heteroatoms. The SMILES string of the molecule is N#CCSC(S)=C[N+](=O)[O-].[H-].[K+]. The first-order chi connectivity index (χ1) is 4.66. The van der Waals surface area contributed by atoms with E-state index >= 15 is 0 Å². The minimum atomic E-state index is -0.604. The molecule has 0 atom stereocenters. The molecule has 0 aliphatic carbocycles. The normalized spacial score (nSPS) is 9.64. The minimum absolute atomic E-state index is 0. The first kappa shape index (κ1) is 14.5. The van der Waals surface area contributed by atoms with Crippen molar-refractivity contribution in [1.82, 2.24) is 0 Å². The van der Waals surface area contributed by atoms with Crippen LogP contribution in [0.5, 0.6) is 0 Å². The summed E-state index contributed by atoms with van der Waals surface area (Å²) in [6, 6.07) is 1.82. The third-order valence-corrected chi connectivity index (χ3v) is 1.68. The number of thioether (sulfide) groups is 1. The van der Waals surface area contributed by atoms with Crippen molar-refractivity contribution in [2.45, 2.75) is 0 Å². The predicted molar refractivity (Wildman–Crippen MR) is 43.2 cm³/mol. The van der Waals surface area contributed by atoms with E-state index in [0.717, 1.165) is 18.0 Å². The van der Waals surface area contributed by atoms with E-state index < -0.39 is 4.92 Å². The van der Waals surface area contributed by atoms with E-state index in [2.05, 4.69) is 12.6 Å². The molecule has 0 bridgehead atoms. The van der Waals surface area contributed by atoms with E-state index in [0.29, 0.717) is 0 Å². The Balaban J connectivity index is -0.000000405. The van der Waals surface area contributed by atoms with E-state index in [1.165, 1.54) is 0 Å². The molecule has 0 heterocycles. The van der Waals surface area contributed by atoms with Gasteiger partial charge in [-0.1, -0.05) is 11.8 Å². The van der Waals surface area contributed by atoms with Crippen LogP contribution in [-0.4, -0.2) is 10.7 Å². The molecule has 0 aromatic carbocycles. The summed E-state index contributed by atoms with van der Waals surface area (Å²) < 4.78 is 0.242. The van der Waals surface area contributed by atoms with Crippen molar-refractivity contribution in [2.24, 2.45) is 0 Å². The summed E-state index contributed by atoms with van der Waals surface area (Å²) in [5.41, 5.74) is 0. The second kappa shape index (κ2) is 9.06. The van der Waals surface area contributed by atoms with Gasteiger partial charge in [0.15, 0.2) is 0 Å². The van der Waals surface area contributed by atoms with Gasteiger partial charge in [-0.05, 0) is 0 Å². The van der Waals surface area contributed by atoms with Crippen molar-refractivity contribution in [3.63, 3.8) is 0 Å². The monoisotopic (exact) mass is 216 g/mol. The zero-order valence-electron chi connectivity index (χ0n) is 6.85. The summed E-state index contributed by atoms with van der Waals surface area (Å²) in [6.45, 7) is 0. The van der Waals surface area contributed by atoms with E-state index in [1.54, 1.807) is 0 Å². The second-order valence-corrected chi connectivity index (χ2v) is 3.00. The smallest absolute Gasteiger partial charge is 1.00 e. The van der Waals surface area contributed by atoms with E-state index in [4.69, 9.17) is 5.26 Å². The molecule has 0 radical (unpaired) electrons. The zero-order chi connectivity index (χ0) is 7.98. The van der Waals surface area contributed by atoms with Crippen molar-refractivity contribution in [2.75, 3.05) is 5.75 Å². The largest absolute Gasteiger partial charge is 1.00 e. The van der Waals surface area contributed by atoms with E-state index in [1.807, 2.05) is 6.07 Å². The first-order valence-electron chi connectivity index (χ1n) is 2.21. The third kappa shape index (κ3) is 11.0. The van der Waals surface area contributed by atoms with E-state index in [-0.39, 0.29) is 62.8 Å². The molecule has 0 unspecified atom stereocenters. The van der Waals surface area contributed by atoms with Crippen molar-refractivity contribution < 1.29 is 57.7 Å². The summed E-state index contributed by atoms with van der Waals surface area (Å²) in [6.07, 6.45) is 0.755. The standard InChI is InChI=1S/C4H4N2O2S2.K.H/c5-1-2-10-4(9)3-6(7)8;;/h3,9H,2H2;;/q;+1;-1. The van der Waals surface area contributed by atoms with Crippen molar-refractivity contribution in [3.8, 4) is 6.07 Å². The summed E-state index contributed by atoms with van der Waals surface area (Å²) in [4.78, 5) is 9.15. The van der Waals surface area contributed by atoms with Crippen molar-refractivity contribution in [1.29, 1.82) is 5.26 Å². The fourth-order valence-corrected chi connectivity index (χ4v) is 0.895. The van der Waals surface area contributed by atoms with Gasteiger partial charge in [-0.25, -0.2) is 0 Å². The van der Waals surface area contributed by atoms with Gasteiger partial charge in [0.25, 0.3) is 6.20 Å². The molecular weight excluding hydrogens is 211 g/mol. The van der Waals surface area contributed by atoms with Crippen molar-refractivity contribution >= 4 is 24.4 Å². The molecule has 0 N–H and O–H groups in total. The maximum Gasteiger partial charge on any atom is 1.00 e. The number of thiol groups is 1. The molecule has 56 valence electrons. The molecular formula is C4H5KN2O2S2. The predicted octanol–water partition coefficient (Wildman–Crippen LogP) is -1.63. The van der Waals surface area contributed by atoms with Gasteiger partial charge in [-0.3, -0.25) is 10.1 Å². The van der Waals surface area contributed by atoms with Crippen molar-refractivity contribution in [3.05, 3.63) is 20.6 Å². The Labute approximate surface area is 118 Å². The summed E-state index contributed by atoms with van der Waals surface area (Å²) in [7, 11) is 0. The van der Waals surface area contributed by atoms with Crippen LogP contribution in [-0.2, 0) is 0 Å². The maximum atomic E-state index is 9.76. The van der Waals surface area contributed by atoms with Crippen LogP contribution in [0.25, 0.3) is 0 Å². The number of hydrogen-bond donors (Lipinski definition) is 1. The van der Waals surface area contributed by atoms with Gasteiger partial charge in [0.1, 0.15) is 4.24 Å². The maximum absolute atomic E-state index is 9.76. The molecule has 0 saturated carbocycles. The molecule has 0 fully saturated rings. The number of nitro groups is 1. The van der Waals surface area contributed by atoms with Crippen LogP contribution >= 0.6 is 24.4 Å². The Morgan fingerprint density at radius 3 is 2.91 bits per heavy atom. The molecule has 0 amide bonds. The summed E-state index contributed by atoms with van der Waals surface area (Å²) >= 11 is 4.76. The number of nitrogens with zero attached hydrogens (tertiary/aromatic N) is 2. The average Bonchev–Trinajstić information content (AvgIpc) is 1.82. The van der Waals surface area contributed by atoms with E-state index in [9.17, 15) is 10.1 Å². The fourth-order valence-electron chi connectivity index (χ4n) is 0.234. The summed E-state index contributed by atoms with van der Waals surface area (Å²) in [5, 5.41) is 17.8. The molecule has 11 heavy (non-hydrogen) atoms. The Bertz CT molecular complexity index is 206. The Morgan fingerprint density at radius 1 is 2.00 bits per heavy atom. The van der Waals surface area contributed by atoms with Gasteiger partial charge in [0, 0.05) is 0 Å². The Hall–Kier alpha value is 0.966. The Morgan fingerprint density at radius 2 is 2.55 bits per heavy atom. The van der Waals surface area contributed by atoms with Crippen LogP contribution in [0.3, 0.4) is 0 Å². The number of rotatable bonds is 3. The van der Waals surface area contributed by atoms with Crippen LogP contribution in [0.2, 0.25) is 0 Å². The molecule has 0 rings (SSSR count). The van der Waals surface area contributed by atoms with Crippen LogP contribution in [0.15, 0.2) is 10.4 Å². The Kier molecular flexibility index (Phi) is 11.9. The van der Waals surface area contributed by atoms with Crippen LogP contribution in [0, 0.1) is 21.4 Å². The number of nitriles is 1. The molecule has 0 saturated heterocycles. The van der Waals surface area contributed by atoms with Gasteiger partial charge in [0.05, 0.1) is 16.7 Å². The number of hydrogen-bond acceptors (Lipinski definition) is 5. The topological polar surface area (TPSA) is 66.9 Å². The average molecular weight is 216 g/mol. The van der Waals surface area contributed by atoms with Crippen LogP contribution < -0.4 is 51.4 Å². The third-order valence-electron chi connectivity index (χ3n) is 0.500. The molecule has 0 aromatic rings. The second-order valence-electron chi connectivity index (χ2n) is 1.20. The van der Waals surface area contributed by atoms with Gasteiger partial charge in [-0.15, -0.1) is 12.6 Å². The quantitative estimate of drug-likeness (QED) is 0.266. The molecule has 0 aliphatic rings. The van der Waals surface area contributed by atoms with Gasteiger partial charge in [-0.2, -0.15) is 5.26 Å². The fraction of sp³-hybridized carbons (Fsp3) is 0.250. The molecule has 4 nitrogen and oxygen atoms in total. The van der Waals surface area contributed by atoms with Crippen LogP contribution in [0.1, 0.15) is 1.43 Å². The van der Waals surface area contributed by atoms with Crippen LogP contribution in [0.4, 0.5) is 0 Å². The molecule has 0 aromatic heterocycles. The summed E-state index contributed by atoms with van der Waals surface area (Å²) in [5.74, 6) is 0.184. The molecule has 0 aliphatic heterocycles. The molecule has 0 spiro atoms. The first-order valence-corrected chi connectivity index (χ1v) is 3.64.